The van der Waals surface area contributed by atoms with Gasteiger partial charge in [0, 0.05) is 0 Å². The molecule has 0 rings (SSSR count). The average Bonchev–Trinajstić information content (AvgIpc) is 0. The van der Waals surface area contributed by atoms with Crippen LogP contribution in [0.1, 0.15) is 2.85 Å². The van der Waals surface area contributed by atoms with Crippen molar-refractivity contribution in [2.45, 2.75) is 0 Å². The Balaban J connectivity index is 0. The number of rotatable bonds is 0. The van der Waals surface area contributed by atoms with E-state index >= 15 is 0 Å². The molecule has 0 saturated heterocycles. The van der Waals surface area contributed by atoms with Crippen LogP contribution < -0.4 is 0 Å². The maximum Gasteiger partial charge on any atom is 2.00 e. The Bertz CT molecular complexity index is 13.5. The van der Waals surface area contributed by atoms with Crippen molar-refractivity contribution in [3.63, 3.8) is 0 Å². The molecule has 0 amide bonds. The maximum atomic E-state index is 0. The minimum atomic E-state index is 0. The Morgan fingerprint density at radius 2 is 1.25 bits per heavy atom. The van der Waals surface area contributed by atoms with Crippen LogP contribution >= 0.6 is 9.90 Å². The van der Waals surface area contributed by atoms with E-state index in [2.05, 4.69) is 0 Å². The van der Waals surface area contributed by atoms with E-state index in [0.29, 0.717) is 0 Å². The molecule has 0 saturated carbocycles. The van der Waals surface area contributed by atoms with Crippen LogP contribution in [0, 0.1) is 0 Å². The summed E-state index contributed by atoms with van der Waals surface area (Å²) in [6, 6.07) is 0. The van der Waals surface area contributed by atoms with Crippen LogP contribution in [0.25, 0.3) is 0 Å². The normalized spacial score (nSPS) is 0. The Kier molecular flexibility index (Phi) is 144. The van der Waals surface area contributed by atoms with Crippen LogP contribution in [0.3, 0.4) is 0 Å². The fourth-order valence-electron chi connectivity index (χ4n) is 0. The molecule has 0 aromatic carbocycles. The molecule has 0 heterocycles. The topological polar surface area (TPSA) is 0 Å². The molecular weight excluding hydrogens is 126 g/mol. The van der Waals surface area contributed by atoms with Crippen LogP contribution in [0.2, 0.25) is 0 Å². The van der Waals surface area contributed by atoms with Gasteiger partial charge in [-0.05, 0) is 11.0 Å². The predicted molar refractivity (Wildman–Crippen MR) is 40.4 cm³/mol. The van der Waals surface area contributed by atoms with Crippen molar-refractivity contribution in [1.82, 2.24) is 0 Å². The van der Waals surface area contributed by atoms with E-state index in [1.165, 1.54) is 0 Å². The minimum absolute atomic E-state index is 0. The second-order valence-electron chi connectivity index (χ2n) is 0. The third-order valence-electron chi connectivity index (χ3n) is 0. The van der Waals surface area contributed by atoms with Gasteiger partial charge in [-0.2, -0.15) is 9.90 Å². The quantitative estimate of drug-likeness (QED) is 0.252. The SMILES string of the molecule is P.[AlH3].[Ca+2].[H-].[H-].[SiH4]. The van der Waals surface area contributed by atoms with Crippen molar-refractivity contribution < 1.29 is 2.85 Å². The molecule has 0 bridgehead atoms. The second-order valence-corrected chi connectivity index (χ2v) is 0. The van der Waals surface area contributed by atoms with E-state index in [1.807, 2.05) is 0 Å². The summed E-state index contributed by atoms with van der Waals surface area (Å²) in [5, 5.41) is 0. The molecule has 0 aliphatic carbocycles. The van der Waals surface area contributed by atoms with E-state index < -0.39 is 0 Å². The van der Waals surface area contributed by atoms with Gasteiger partial charge >= 0.3 is 37.7 Å². The molecule has 4 heavy (non-hydrogen) atoms. The van der Waals surface area contributed by atoms with Gasteiger partial charge in [0.05, 0.1) is 0 Å². The van der Waals surface area contributed by atoms with Crippen molar-refractivity contribution in [3.8, 4) is 0 Å². The van der Waals surface area contributed by atoms with Gasteiger partial charge in [0.15, 0.2) is 17.4 Å². The molecule has 4 heteroatoms. The summed E-state index contributed by atoms with van der Waals surface area (Å²) in [5.74, 6) is 0. The molecule has 0 aliphatic heterocycles. The van der Waals surface area contributed by atoms with Crippen LogP contribution in [-0.2, 0) is 0 Å². The first-order valence-corrected chi connectivity index (χ1v) is 0. The summed E-state index contributed by atoms with van der Waals surface area (Å²) in [6.07, 6.45) is 0. The van der Waals surface area contributed by atoms with Crippen LogP contribution in [0.5, 0.6) is 0 Å². The van der Waals surface area contributed by atoms with E-state index in [4.69, 9.17) is 0 Å². The van der Waals surface area contributed by atoms with Crippen molar-refractivity contribution in [2.75, 3.05) is 0 Å². The Labute approximate surface area is 77.9 Å². The molecule has 0 aliphatic rings. The molecule has 0 nitrogen and oxygen atoms in total. The Morgan fingerprint density at radius 1 is 1.25 bits per heavy atom. The van der Waals surface area contributed by atoms with Gasteiger partial charge in [-0.25, -0.2) is 0 Å². The second kappa shape index (κ2) is 18.0. The van der Waals surface area contributed by atoms with E-state index in [9.17, 15) is 0 Å². The molecular formula is H12AlCaPSi. The standard InChI is InChI=1S/Al.Ca.H3P.H4Si.5H/h;;1H3;1H4;;;;;/q;+2;;;;;;2*-1. The molecule has 0 N–H and O–H groups in total. The molecule has 0 spiro atoms. The van der Waals surface area contributed by atoms with Crippen LogP contribution in [-0.4, -0.2) is 66.1 Å². The summed E-state index contributed by atoms with van der Waals surface area (Å²) >= 11 is 0. The first kappa shape index (κ1) is 32.0. The summed E-state index contributed by atoms with van der Waals surface area (Å²) in [5.41, 5.74) is 0. The largest absolute Gasteiger partial charge is 2.00 e. The smallest absolute Gasteiger partial charge is 1.00 e. The van der Waals surface area contributed by atoms with Gasteiger partial charge in [0.2, 0.25) is 0 Å². The minimum Gasteiger partial charge on any atom is -1.00 e. The zero-order chi connectivity index (χ0) is 0. The van der Waals surface area contributed by atoms with Crippen molar-refractivity contribution in [2.24, 2.45) is 0 Å². The molecule has 0 aromatic heterocycles. The third-order valence-corrected chi connectivity index (χ3v) is 0. The predicted octanol–water partition coefficient (Wildman–Crippen LogP) is -2.73. The van der Waals surface area contributed by atoms with Crippen molar-refractivity contribution in [1.29, 1.82) is 0 Å². The van der Waals surface area contributed by atoms with E-state index in [1.54, 1.807) is 0 Å². The molecule has 0 fully saturated rings. The maximum absolute atomic E-state index is 0. The first-order chi connectivity index (χ1) is 0. The van der Waals surface area contributed by atoms with Crippen molar-refractivity contribution in [3.05, 3.63) is 0 Å². The summed E-state index contributed by atoms with van der Waals surface area (Å²) in [7, 11) is 0. The molecule has 26 valence electrons. The fraction of sp³-hybridized carbons (Fsp3) is 0. The first-order valence-electron chi connectivity index (χ1n) is 0. The number of hydrogen-bond acceptors (Lipinski definition) is 0. The van der Waals surface area contributed by atoms with Gasteiger partial charge in [-0.15, -0.1) is 0 Å². The summed E-state index contributed by atoms with van der Waals surface area (Å²) in [4.78, 5) is 0. The molecule has 1 unspecified atom stereocenters. The van der Waals surface area contributed by atoms with Gasteiger partial charge in [0.1, 0.15) is 0 Å². The average molecular weight is 138 g/mol. The van der Waals surface area contributed by atoms with Crippen LogP contribution in [0.15, 0.2) is 0 Å². The zero-order valence-corrected chi connectivity index (χ0v) is 5.04. The van der Waals surface area contributed by atoms with Crippen LogP contribution in [0.4, 0.5) is 0 Å². The van der Waals surface area contributed by atoms with E-state index in [-0.39, 0.29) is 78.8 Å². The van der Waals surface area contributed by atoms with Gasteiger partial charge in [-0.3, -0.25) is 0 Å². The zero-order valence-electron chi connectivity index (χ0n) is 3.41. The van der Waals surface area contributed by atoms with Crippen molar-refractivity contribution >= 4 is 76.0 Å². The molecule has 0 aromatic rings. The Morgan fingerprint density at radius 3 is 1.25 bits per heavy atom. The monoisotopic (exact) mass is 138 g/mol. The Hall–Kier alpha value is 2.44. The number of hydrogen-bond donors (Lipinski definition) is 0. The fourth-order valence-corrected chi connectivity index (χ4v) is 0. The van der Waals surface area contributed by atoms with Gasteiger partial charge in [-0.1, -0.05) is 0 Å². The van der Waals surface area contributed by atoms with E-state index in [0.717, 1.165) is 0 Å². The van der Waals surface area contributed by atoms with Gasteiger partial charge < -0.3 is 2.85 Å². The molecule has 1 atom stereocenters. The molecule has 0 radical (unpaired) electrons. The summed E-state index contributed by atoms with van der Waals surface area (Å²) in [6.45, 7) is 0. The summed E-state index contributed by atoms with van der Waals surface area (Å²) < 4.78 is 0. The third kappa shape index (κ3) is 8.83. The van der Waals surface area contributed by atoms with Gasteiger partial charge in [0.25, 0.3) is 0 Å².